The fourth-order valence-corrected chi connectivity index (χ4v) is 5.64. The lowest BCUT2D eigenvalue weighted by molar-refractivity contribution is -0.384. The third kappa shape index (κ3) is 5.50. The van der Waals surface area contributed by atoms with Crippen LogP contribution in [0.4, 0.5) is 5.69 Å². The summed E-state index contributed by atoms with van der Waals surface area (Å²) in [6.07, 6.45) is 3.48. The van der Waals surface area contributed by atoms with Crippen molar-refractivity contribution in [3.8, 4) is 0 Å². The zero-order chi connectivity index (χ0) is 25.0. The lowest BCUT2D eigenvalue weighted by atomic mass is 10.0. The van der Waals surface area contributed by atoms with Crippen LogP contribution in [0, 0.1) is 10.1 Å². The number of carbonyl (C=O) groups excluding carboxylic acids is 2. The number of nitro benzene ring substituents is 1. The van der Waals surface area contributed by atoms with Crippen molar-refractivity contribution in [3.63, 3.8) is 0 Å². The van der Waals surface area contributed by atoms with Crippen LogP contribution in [0.2, 0.25) is 0 Å². The van der Waals surface area contributed by atoms with Gasteiger partial charge in [0.15, 0.2) is 0 Å². The van der Waals surface area contributed by atoms with Crippen LogP contribution in [0.1, 0.15) is 5.56 Å². The highest BCUT2D eigenvalue weighted by atomic mass is 32.2. The molecule has 0 saturated carbocycles. The molecule has 2 heterocycles. The van der Waals surface area contributed by atoms with Crippen LogP contribution in [0.3, 0.4) is 0 Å². The topological polar surface area (TPSA) is 141 Å². The smallest absolute Gasteiger partial charge is 0.405 e. The Morgan fingerprint density at radius 1 is 1.32 bits per heavy atom. The molecule has 1 saturated heterocycles. The van der Waals surface area contributed by atoms with Crippen molar-refractivity contribution in [2.45, 2.75) is 18.0 Å². The van der Waals surface area contributed by atoms with Gasteiger partial charge < -0.3 is 18.7 Å². The Balaban J connectivity index is 1.81. The summed E-state index contributed by atoms with van der Waals surface area (Å²) in [6, 6.07) is 4.76. The summed E-state index contributed by atoms with van der Waals surface area (Å²) < 4.78 is 27.6. The molecule has 1 fully saturated rings. The number of hydrogen-bond donors (Lipinski definition) is 1. The van der Waals surface area contributed by atoms with E-state index in [9.17, 15) is 24.3 Å². The number of thioether (sulfide) groups is 1. The molecule has 2 atom stereocenters. The molecule has 0 radical (unpaired) electrons. The number of benzene rings is 1. The van der Waals surface area contributed by atoms with E-state index in [-0.39, 0.29) is 18.0 Å². The summed E-state index contributed by atoms with van der Waals surface area (Å²) in [5.41, 5.74) is 1.17. The molecule has 1 aromatic rings. The Bertz CT molecular complexity index is 1070. The lowest BCUT2D eigenvalue weighted by Crippen LogP contribution is -2.69. The number of amides is 1. The SMILES string of the molecule is COP(=O)(NC1C(=O)N2C(C(=O)OCc3ccc([N+](=O)[O-])cc3)=C(/C=C/N(C)C)CSC12)OC. The number of ether oxygens (including phenoxy) is 1. The van der Waals surface area contributed by atoms with Crippen LogP contribution in [0.15, 0.2) is 47.8 Å². The predicted octanol–water partition coefficient (Wildman–Crippen LogP) is 2.24. The van der Waals surface area contributed by atoms with Crippen LogP contribution < -0.4 is 5.09 Å². The van der Waals surface area contributed by atoms with E-state index in [1.807, 2.05) is 14.1 Å². The second-order valence-electron chi connectivity index (χ2n) is 7.53. The number of fused-ring (bicyclic) bond motifs is 1. The second kappa shape index (κ2) is 10.7. The standard InChI is InChI=1S/C20H25N4O8PS/c1-22(2)10-9-14-12-34-19-16(21-33(29,30-3)31-4)18(25)23(19)17(14)20(26)32-11-13-5-7-15(8-6-13)24(27)28/h5-10,16,19H,11-12H2,1-4H3,(H,21,29)/b10-9+. The molecule has 12 nitrogen and oxygen atoms in total. The molecule has 0 aromatic heterocycles. The number of nitrogens with one attached hydrogen (secondary N) is 1. The highest BCUT2D eigenvalue weighted by Gasteiger charge is 2.55. The fourth-order valence-electron chi connectivity index (χ4n) is 3.27. The summed E-state index contributed by atoms with van der Waals surface area (Å²) >= 11 is 1.40. The van der Waals surface area contributed by atoms with E-state index in [1.54, 1.807) is 17.2 Å². The van der Waals surface area contributed by atoms with E-state index in [0.29, 0.717) is 16.9 Å². The summed E-state index contributed by atoms with van der Waals surface area (Å²) in [5.74, 6) is -0.775. The van der Waals surface area contributed by atoms with E-state index in [2.05, 4.69) is 5.09 Å². The molecule has 1 aromatic carbocycles. The number of nitro groups is 1. The quantitative estimate of drug-likeness (QED) is 0.162. The number of esters is 1. The first kappa shape index (κ1) is 25.9. The predicted molar refractivity (Wildman–Crippen MR) is 124 cm³/mol. The zero-order valence-electron chi connectivity index (χ0n) is 19.0. The molecule has 14 heteroatoms. The number of carbonyl (C=O) groups is 2. The average molecular weight is 512 g/mol. The maximum atomic E-state index is 13.1. The molecular formula is C20H25N4O8PS. The lowest BCUT2D eigenvalue weighted by Gasteiger charge is -2.49. The van der Waals surface area contributed by atoms with Crippen LogP contribution in [-0.2, 0) is 34.5 Å². The first-order valence-corrected chi connectivity index (χ1v) is 12.6. The monoisotopic (exact) mass is 512 g/mol. The van der Waals surface area contributed by atoms with Gasteiger partial charge in [-0.2, -0.15) is 0 Å². The minimum Gasteiger partial charge on any atom is -0.456 e. The molecule has 1 amide bonds. The molecule has 3 rings (SSSR count). The highest BCUT2D eigenvalue weighted by molar-refractivity contribution is 8.00. The fraction of sp³-hybridized carbons (Fsp3) is 0.400. The van der Waals surface area contributed by atoms with Gasteiger partial charge in [-0.15, -0.1) is 11.8 Å². The van der Waals surface area contributed by atoms with Gasteiger partial charge in [-0.1, -0.05) is 0 Å². The molecule has 0 aliphatic carbocycles. The normalized spacial score (nSPS) is 20.2. The van der Waals surface area contributed by atoms with Gasteiger partial charge in [0.25, 0.3) is 5.69 Å². The minimum atomic E-state index is -3.66. The van der Waals surface area contributed by atoms with Gasteiger partial charge in [-0.25, -0.2) is 14.4 Å². The summed E-state index contributed by atoms with van der Waals surface area (Å²) in [7, 11) is 2.39. The van der Waals surface area contributed by atoms with E-state index in [0.717, 1.165) is 0 Å². The first-order chi connectivity index (χ1) is 16.1. The number of non-ortho nitro benzene ring substituents is 1. The molecule has 2 unspecified atom stereocenters. The molecule has 2 aliphatic rings. The van der Waals surface area contributed by atoms with Crippen LogP contribution >= 0.6 is 19.5 Å². The number of nitrogens with zero attached hydrogens (tertiary/aromatic N) is 3. The van der Waals surface area contributed by atoms with Crippen molar-refractivity contribution in [2.75, 3.05) is 34.1 Å². The van der Waals surface area contributed by atoms with Crippen molar-refractivity contribution in [3.05, 3.63) is 63.5 Å². The second-order valence-corrected chi connectivity index (χ2v) is 10.6. The van der Waals surface area contributed by atoms with Crippen molar-refractivity contribution in [1.82, 2.24) is 14.9 Å². The Hall–Kier alpha value is -2.70. The zero-order valence-corrected chi connectivity index (χ0v) is 20.7. The molecule has 0 spiro atoms. The third-order valence-corrected chi connectivity index (χ3v) is 7.92. The van der Waals surface area contributed by atoms with E-state index < -0.39 is 36.0 Å². The van der Waals surface area contributed by atoms with Crippen molar-refractivity contribution < 1.29 is 32.9 Å². The third-order valence-electron chi connectivity index (χ3n) is 5.06. The maximum Gasteiger partial charge on any atom is 0.405 e. The van der Waals surface area contributed by atoms with Crippen molar-refractivity contribution in [2.24, 2.45) is 0 Å². The van der Waals surface area contributed by atoms with Gasteiger partial charge >= 0.3 is 13.7 Å². The minimum absolute atomic E-state index is 0.0739. The van der Waals surface area contributed by atoms with Gasteiger partial charge in [0.2, 0.25) is 5.91 Å². The molecule has 1 N–H and O–H groups in total. The van der Waals surface area contributed by atoms with Gasteiger partial charge in [0.1, 0.15) is 23.7 Å². The molecular weight excluding hydrogens is 487 g/mol. The van der Waals surface area contributed by atoms with Crippen molar-refractivity contribution >= 4 is 37.1 Å². The molecule has 0 bridgehead atoms. The van der Waals surface area contributed by atoms with E-state index in [4.69, 9.17) is 13.8 Å². The number of allylic oxidation sites excluding steroid dienone is 1. The van der Waals surface area contributed by atoms with Gasteiger partial charge in [-0.05, 0) is 35.5 Å². The number of rotatable bonds is 10. The average Bonchev–Trinajstić information content (AvgIpc) is 2.83. The van der Waals surface area contributed by atoms with Gasteiger partial charge in [0, 0.05) is 46.2 Å². The van der Waals surface area contributed by atoms with Crippen LogP contribution in [0.5, 0.6) is 0 Å². The van der Waals surface area contributed by atoms with Crippen LogP contribution in [0.25, 0.3) is 0 Å². The highest BCUT2D eigenvalue weighted by Crippen LogP contribution is 2.48. The van der Waals surface area contributed by atoms with Crippen molar-refractivity contribution in [1.29, 1.82) is 0 Å². The Labute approximate surface area is 200 Å². The Morgan fingerprint density at radius 3 is 2.53 bits per heavy atom. The Kier molecular flexibility index (Phi) is 8.16. The summed E-state index contributed by atoms with van der Waals surface area (Å²) in [5, 5.41) is 12.9. The summed E-state index contributed by atoms with van der Waals surface area (Å²) in [6.45, 7) is -0.130. The number of hydrogen-bond acceptors (Lipinski definition) is 10. The number of β-lactam (4-membered cyclic amide) rings is 1. The first-order valence-electron chi connectivity index (χ1n) is 10.0. The van der Waals surface area contributed by atoms with Gasteiger partial charge in [-0.3, -0.25) is 19.8 Å². The van der Waals surface area contributed by atoms with Crippen LogP contribution in [-0.4, -0.2) is 72.1 Å². The Morgan fingerprint density at radius 2 is 1.97 bits per heavy atom. The van der Waals surface area contributed by atoms with E-state index in [1.165, 1.54) is 55.1 Å². The molecule has 34 heavy (non-hydrogen) atoms. The van der Waals surface area contributed by atoms with E-state index >= 15 is 0 Å². The maximum absolute atomic E-state index is 13.1. The summed E-state index contributed by atoms with van der Waals surface area (Å²) in [4.78, 5) is 39.4. The molecule has 184 valence electrons. The largest absolute Gasteiger partial charge is 0.456 e. The van der Waals surface area contributed by atoms with Gasteiger partial charge in [0.05, 0.1) is 4.92 Å². The molecule has 2 aliphatic heterocycles.